The Balaban J connectivity index is 2.13. The Bertz CT molecular complexity index is 333. The summed E-state index contributed by atoms with van der Waals surface area (Å²) in [4.78, 5) is 12.4. The normalized spacial score (nSPS) is 10.6. The molecule has 0 radical (unpaired) electrons. The molecule has 0 aliphatic rings. The maximum Gasteiger partial charge on any atom is 0.306 e. The molecule has 16 heavy (non-hydrogen) atoms. The molecule has 0 N–H and O–H groups in total. The average Bonchev–Trinajstić information content (AvgIpc) is 2.31. The van der Waals surface area contributed by atoms with Crippen LogP contribution in [-0.2, 0) is 9.53 Å². The molecule has 1 aromatic carbocycles. The number of ether oxygens (including phenoxy) is 1. The number of thioether (sulfide) groups is 1. The van der Waals surface area contributed by atoms with Gasteiger partial charge in [-0.2, -0.15) is 0 Å². The van der Waals surface area contributed by atoms with Crippen LogP contribution in [-0.4, -0.2) is 18.3 Å². The number of rotatable bonds is 6. The van der Waals surface area contributed by atoms with Crippen LogP contribution < -0.4 is 0 Å². The summed E-state index contributed by atoms with van der Waals surface area (Å²) in [5.74, 6) is 0.625. The monoisotopic (exact) mass is 236 g/mol. The number of allylic oxidation sites excluding steroid dienone is 1. The Morgan fingerprint density at radius 1 is 1.38 bits per heavy atom. The van der Waals surface area contributed by atoms with E-state index in [1.807, 2.05) is 49.4 Å². The molecular weight excluding hydrogens is 220 g/mol. The molecule has 0 bridgehead atoms. The van der Waals surface area contributed by atoms with E-state index >= 15 is 0 Å². The highest BCUT2D eigenvalue weighted by Gasteiger charge is 2.01. The van der Waals surface area contributed by atoms with Gasteiger partial charge in [0.2, 0.25) is 0 Å². The van der Waals surface area contributed by atoms with Crippen molar-refractivity contribution in [3.63, 3.8) is 0 Å². The standard InChI is InChI=1S/C13H16O2S/c1-2-3-10-15-13(14)9-11-16-12-7-5-4-6-8-12/h2-8H,9-11H2,1H3/b3-2+. The molecule has 1 aromatic rings. The topological polar surface area (TPSA) is 26.3 Å². The molecule has 0 spiro atoms. The quantitative estimate of drug-likeness (QED) is 0.431. The van der Waals surface area contributed by atoms with Crippen molar-refractivity contribution in [1.82, 2.24) is 0 Å². The lowest BCUT2D eigenvalue weighted by molar-refractivity contribution is -0.141. The number of carbonyl (C=O) groups excluding carboxylic acids is 1. The van der Waals surface area contributed by atoms with Gasteiger partial charge < -0.3 is 4.74 Å². The molecule has 0 atom stereocenters. The van der Waals surface area contributed by atoms with Gasteiger partial charge in [-0.1, -0.05) is 30.4 Å². The molecule has 86 valence electrons. The number of hydrogen-bond donors (Lipinski definition) is 0. The second-order valence-corrected chi connectivity index (χ2v) is 4.33. The predicted molar refractivity (Wildman–Crippen MR) is 67.6 cm³/mol. The minimum atomic E-state index is -0.137. The maximum atomic E-state index is 11.2. The minimum Gasteiger partial charge on any atom is -0.461 e. The second kappa shape index (κ2) is 7.99. The van der Waals surface area contributed by atoms with Crippen molar-refractivity contribution in [3.05, 3.63) is 42.5 Å². The summed E-state index contributed by atoms with van der Waals surface area (Å²) >= 11 is 1.67. The zero-order valence-corrected chi connectivity index (χ0v) is 10.2. The molecule has 3 heteroatoms. The fraction of sp³-hybridized carbons (Fsp3) is 0.308. The molecule has 1 rings (SSSR count). The average molecular weight is 236 g/mol. The first-order valence-electron chi connectivity index (χ1n) is 5.27. The van der Waals surface area contributed by atoms with E-state index in [0.717, 1.165) is 5.75 Å². The molecule has 0 amide bonds. The second-order valence-electron chi connectivity index (χ2n) is 3.16. The first-order chi connectivity index (χ1) is 7.83. The van der Waals surface area contributed by atoms with Gasteiger partial charge in [-0.15, -0.1) is 11.8 Å². The fourth-order valence-corrected chi connectivity index (χ4v) is 1.93. The highest BCUT2D eigenvalue weighted by molar-refractivity contribution is 7.99. The first-order valence-corrected chi connectivity index (χ1v) is 6.26. The van der Waals surface area contributed by atoms with E-state index in [-0.39, 0.29) is 5.97 Å². The predicted octanol–water partition coefficient (Wildman–Crippen LogP) is 3.29. The van der Waals surface area contributed by atoms with Crippen LogP contribution in [0.1, 0.15) is 13.3 Å². The lowest BCUT2D eigenvalue weighted by Gasteiger charge is -2.02. The van der Waals surface area contributed by atoms with Crippen LogP contribution in [0, 0.1) is 0 Å². The fourth-order valence-electron chi connectivity index (χ4n) is 1.08. The third-order valence-electron chi connectivity index (χ3n) is 1.89. The van der Waals surface area contributed by atoms with Crippen molar-refractivity contribution in [2.45, 2.75) is 18.2 Å². The Kier molecular flexibility index (Phi) is 6.42. The van der Waals surface area contributed by atoms with Crippen LogP contribution in [0.5, 0.6) is 0 Å². The van der Waals surface area contributed by atoms with E-state index in [1.165, 1.54) is 4.90 Å². The van der Waals surface area contributed by atoms with Gasteiger partial charge in [0.1, 0.15) is 6.61 Å². The number of carbonyl (C=O) groups is 1. The van der Waals surface area contributed by atoms with Gasteiger partial charge in [0, 0.05) is 10.6 Å². The van der Waals surface area contributed by atoms with Gasteiger partial charge in [0.05, 0.1) is 6.42 Å². The largest absolute Gasteiger partial charge is 0.461 e. The lowest BCUT2D eigenvalue weighted by atomic mass is 10.4. The van der Waals surface area contributed by atoms with Gasteiger partial charge in [-0.05, 0) is 19.1 Å². The maximum absolute atomic E-state index is 11.2. The van der Waals surface area contributed by atoms with Gasteiger partial charge in [-0.25, -0.2) is 0 Å². The molecular formula is C13H16O2S. The van der Waals surface area contributed by atoms with E-state index in [1.54, 1.807) is 11.8 Å². The minimum absolute atomic E-state index is 0.137. The van der Waals surface area contributed by atoms with Crippen LogP contribution in [0.25, 0.3) is 0 Å². The third kappa shape index (κ3) is 5.61. The van der Waals surface area contributed by atoms with Crippen LogP contribution in [0.2, 0.25) is 0 Å². The van der Waals surface area contributed by atoms with Gasteiger partial charge in [-0.3, -0.25) is 4.79 Å². The van der Waals surface area contributed by atoms with Crippen molar-refractivity contribution >= 4 is 17.7 Å². The smallest absolute Gasteiger partial charge is 0.306 e. The van der Waals surface area contributed by atoms with Crippen molar-refractivity contribution < 1.29 is 9.53 Å². The Morgan fingerprint density at radius 3 is 2.81 bits per heavy atom. The van der Waals surface area contributed by atoms with Crippen LogP contribution in [0.4, 0.5) is 0 Å². The number of benzene rings is 1. The van der Waals surface area contributed by atoms with Gasteiger partial charge in [0.25, 0.3) is 0 Å². The highest BCUT2D eigenvalue weighted by atomic mass is 32.2. The Morgan fingerprint density at radius 2 is 2.12 bits per heavy atom. The Hall–Kier alpha value is -1.22. The summed E-state index contributed by atoms with van der Waals surface area (Å²) in [6, 6.07) is 10.0. The zero-order valence-electron chi connectivity index (χ0n) is 9.39. The molecule has 0 saturated carbocycles. The summed E-state index contributed by atoms with van der Waals surface area (Å²) < 4.78 is 4.98. The third-order valence-corrected chi connectivity index (χ3v) is 2.91. The molecule has 0 aliphatic carbocycles. The van der Waals surface area contributed by atoms with E-state index in [9.17, 15) is 4.79 Å². The molecule has 0 aromatic heterocycles. The van der Waals surface area contributed by atoms with Crippen LogP contribution in [0.3, 0.4) is 0 Å². The molecule has 0 heterocycles. The van der Waals surface area contributed by atoms with Gasteiger partial charge >= 0.3 is 5.97 Å². The summed E-state index contributed by atoms with van der Waals surface area (Å²) in [7, 11) is 0. The first kappa shape index (κ1) is 12.8. The van der Waals surface area contributed by atoms with Crippen molar-refractivity contribution in [3.8, 4) is 0 Å². The van der Waals surface area contributed by atoms with Crippen LogP contribution in [0.15, 0.2) is 47.4 Å². The van der Waals surface area contributed by atoms with E-state index < -0.39 is 0 Å². The van der Waals surface area contributed by atoms with Crippen molar-refractivity contribution in [2.75, 3.05) is 12.4 Å². The van der Waals surface area contributed by atoms with Crippen molar-refractivity contribution in [2.24, 2.45) is 0 Å². The summed E-state index contributed by atoms with van der Waals surface area (Å²) in [6.07, 6.45) is 4.14. The Labute approximate surface area is 101 Å². The summed E-state index contributed by atoms with van der Waals surface area (Å²) in [5, 5.41) is 0. The lowest BCUT2D eigenvalue weighted by Crippen LogP contribution is -2.05. The molecule has 0 aliphatic heterocycles. The molecule has 0 fully saturated rings. The van der Waals surface area contributed by atoms with E-state index in [0.29, 0.717) is 13.0 Å². The molecule has 2 nitrogen and oxygen atoms in total. The highest BCUT2D eigenvalue weighted by Crippen LogP contribution is 2.17. The SMILES string of the molecule is C/C=C/COC(=O)CCSc1ccccc1. The van der Waals surface area contributed by atoms with Crippen LogP contribution >= 0.6 is 11.8 Å². The summed E-state index contributed by atoms with van der Waals surface area (Å²) in [5.41, 5.74) is 0. The zero-order chi connectivity index (χ0) is 11.6. The van der Waals surface area contributed by atoms with Gasteiger partial charge in [0.15, 0.2) is 0 Å². The molecule has 0 saturated heterocycles. The van der Waals surface area contributed by atoms with Crippen molar-refractivity contribution in [1.29, 1.82) is 0 Å². The summed E-state index contributed by atoms with van der Waals surface area (Å²) in [6.45, 7) is 2.28. The number of esters is 1. The molecule has 0 unspecified atom stereocenters. The number of hydrogen-bond acceptors (Lipinski definition) is 3. The van der Waals surface area contributed by atoms with E-state index in [4.69, 9.17) is 4.74 Å². The van der Waals surface area contributed by atoms with E-state index in [2.05, 4.69) is 0 Å².